The van der Waals surface area contributed by atoms with E-state index in [4.69, 9.17) is 11.6 Å². The van der Waals surface area contributed by atoms with E-state index < -0.39 is 0 Å². The molecule has 0 aliphatic carbocycles. The number of hydrogen-bond acceptors (Lipinski definition) is 4. The molecule has 2 N–H and O–H groups in total. The maximum atomic E-state index is 6.26. The second kappa shape index (κ2) is 11.5. The van der Waals surface area contributed by atoms with Crippen molar-refractivity contribution in [3.63, 3.8) is 0 Å². The van der Waals surface area contributed by atoms with Crippen molar-refractivity contribution in [2.45, 2.75) is 25.8 Å². The lowest BCUT2D eigenvalue weighted by atomic mass is 10.0. The fraction of sp³-hybridized carbons (Fsp3) is 0.667. The molecule has 0 bridgehead atoms. The third-order valence-electron chi connectivity index (χ3n) is 5.09. The van der Waals surface area contributed by atoms with Gasteiger partial charge in [-0.2, -0.15) is 0 Å². The van der Waals surface area contributed by atoms with E-state index in [1.165, 1.54) is 38.2 Å². The smallest absolute Gasteiger partial charge is 0.0455 e. The van der Waals surface area contributed by atoms with Gasteiger partial charge < -0.3 is 15.5 Å². The zero-order valence-electron chi connectivity index (χ0n) is 15.0. The number of piperidine rings is 1. The molecule has 25 heavy (non-hydrogen) atoms. The van der Waals surface area contributed by atoms with Gasteiger partial charge in [-0.05, 0) is 37.5 Å². The lowest BCUT2D eigenvalue weighted by molar-refractivity contribution is 0.235. The van der Waals surface area contributed by atoms with E-state index in [9.17, 15) is 0 Å². The molecular weight excluding hydrogens is 379 g/mol. The van der Waals surface area contributed by atoms with Crippen LogP contribution in [0.1, 0.15) is 18.4 Å². The largest absolute Gasteiger partial charge is 0.371 e. The van der Waals surface area contributed by atoms with Crippen molar-refractivity contribution in [3.05, 3.63) is 28.8 Å². The van der Waals surface area contributed by atoms with Crippen LogP contribution in [0.4, 0.5) is 5.69 Å². The monoisotopic (exact) mass is 408 g/mol. The van der Waals surface area contributed by atoms with Crippen LogP contribution in [0.3, 0.4) is 0 Å². The highest BCUT2D eigenvalue weighted by Crippen LogP contribution is 2.25. The summed E-state index contributed by atoms with van der Waals surface area (Å²) in [5, 5.41) is 8.03. The van der Waals surface area contributed by atoms with Crippen molar-refractivity contribution >= 4 is 42.1 Å². The first-order valence-electron chi connectivity index (χ1n) is 8.90. The van der Waals surface area contributed by atoms with Crippen LogP contribution in [-0.4, -0.2) is 63.3 Å². The average Bonchev–Trinajstić information content (AvgIpc) is 2.59. The van der Waals surface area contributed by atoms with Gasteiger partial charge in [0.15, 0.2) is 0 Å². The summed E-state index contributed by atoms with van der Waals surface area (Å²) >= 11 is 6.26. The number of aryl methyl sites for hydroxylation is 1. The maximum absolute atomic E-state index is 6.26. The van der Waals surface area contributed by atoms with Crippen molar-refractivity contribution in [2.75, 3.05) is 57.3 Å². The van der Waals surface area contributed by atoms with Gasteiger partial charge in [-0.1, -0.05) is 17.7 Å². The van der Waals surface area contributed by atoms with Crippen LogP contribution < -0.4 is 15.5 Å². The summed E-state index contributed by atoms with van der Waals surface area (Å²) in [5.41, 5.74) is 2.42. The van der Waals surface area contributed by atoms with Crippen LogP contribution in [0.25, 0.3) is 0 Å². The number of hydrogen-bond donors (Lipinski definition) is 2. The predicted octanol–water partition coefficient (Wildman–Crippen LogP) is 2.96. The molecular formula is C18H31Cl3N4. The number of rotatable bonds is 5. The Hall–Kier alpha value is -0.230. The highest BCUT2D eigenvalue weighted by atomic mass is 35.5. The highest BCUT2D eigenvalue weighted by molar-refractivity contribution is 6.31. The number of nitrogens with zero attached hydrogens (tertiary/aromatic N) is 2. The zero-order valence-corrected chi connectivity index (χ0v) is 17.4. The number of anilines is 1. The first-order chi connectivity index (χ1) is 11.2. The average molecular weight is 410 g/mol. The molecule has 2 aliphatic rings. The molecule has 2 aliphatic heterocycles. The number of nitrogens with one attached hydrogen (secondary N) is 2. The zero-order chi connectivity index (χ0) is 16.1. The van der Waals surface area contributed by atoms with E-state index >= 15 is 0 Å². The second-order valence-corrected chi connectivity index (χ2v) is 7.15. The van der Waals surface area contributed by atoms with E-state index in [0.29, 0.717) is 6.04 Å². The SMILES string of the molecule is Cc1ccc(N2CCC(NCCN3CCNCC3)CC2)cc1Cl.Cl.Cl. The first kappa shape index (κ1) is 22.8. The van der Waals surface area contributed by atoms with Crippen LogP contribution in [0.2, 0.25) is 5.02 Å². The van der Waals surface area contributed by atoms with Gasteiger partial charge >= 0.3 is 0 Å². The molecule has 2 heterocycles. The van der Waals surface area contributed by atoms with Gasteiger partial charge in [-0.25, -0.2) is 0 Å². The molecule has 3 rings (SSSR count). The molecule has 0 atom stereocenters. The summed E-state index contributed by atoms with van der Waals surface area (Å²) < 4.78 is 0. The summed E-state index contributed by atoms with van der Waals surface area (Å²) in [7, 11) is 0. The van der Waals surface area contributed by atoms with Gasteiger partial charge in [0.05, 0.1) is 0 Å². The van der Waals surface area contributed by atoms with Crippen molar-refractivity contribution in [2.24, 2.45) is 0 Å². The third-order valence-corrected chi connectivity index (χ3v) is 5.49. The molecule has 1 aromatic carbocycles. The maximum Gasteiger partial charge on any atom is 0.0455 e. The molecule has 0 unspecified atom stereocenters. The van der Waals surface area contributed by atoms with Crippen LogP contribution >= 0.6 is 36.4 Å². The molecule has 144 valence electrons. The van der Waals surface area contributed by atoms with Crippen molar-refractivity contribution in [3.8, 4) is 0 Å². The lowest BCUT2D eigenvalue weighted by Gasteiger charge is -2.35. The van der Waals surface area contributed by atoms with Gasteiger partial charge in [0, 0.05) is 69.1 Å². The Morgan fingerprint density at radius 1 is 1.12 bits per heavy atom. The molecule has 2 saturated heterocycles. The van der Waals surface area contributed by atoms with Gasteiger partial charge in [0.25, 0.3) is 0 Å². The fourth-order valence-electron chi connectivity index (χ4n) is 3.48. The molecule has 7 heteroatoms. The quantitative estimate of drug-likeness (QED) is 0.783. The van der Waals surface area contributed by atoms with Gasteiger partial charge in [0.1, 0.15) is 0 Å². The van der Waals surface area contributed by atoms with Gasteiger partial charge in [0.2, 0.25) is 0 Å². The Labute approximate surface area is 169 Å². The van der Waals surface area contributed by atoms with E-state index in [1.54, 1.807) is 0 Å². The minimum absolute atomic E-state index is 0. The number of piperazine rings is 1. The first-order valence-corrected chi connectivity index (χ1v) is 9.28. The second-order valence-electron chi connectivity index (χ2n) is 6.74. The summed E-state index contributed by atoms with van der Waals surface area (Å²) in [4.78, 5) is 5.01. The van der Waals surface area contributed by atoms with Gasteiger partial charge in [-0.15, -0.1) is 24.8 Å². The summed E-state index contributed by atoms with van der Waals surface area (Å²) in [5.74, 6) is 0. The van der Waals surface area contributed by atoms with Crippen LogP contribution in [0.15, 0.2) is 18.2 Å². The van der Waals surface area contributed by atoms with E-state index in [-0.39, 0.29) is 24.8 Å². The Morgan fingerprint density at radius 2 is 1.80 bits per heavy atom. The standard InChI is InChI=1S/C18H29ClN4.2ClH/c1-15-2-3-17(14-18(15)19)23-9-4-16(5-10-23)21-8-13-22-11-6-20-7-12-22;;/h2-3,14,16,20-21H,4-13H2,1H3;2*1H. The summed E-state index contributed by atoms with van der Waals surface area (Å²) in [6.45, 7) is 11.2. The predicted molar refractivity (Wildman–Crippen MR) is 113 cm³/mol. The highest BCUT2D eigenvalue weighted by Gasteiger charge is 2.19. The van der Waals surface area contributed by atoms with Crippen molar-refractivity contribution in [1.29, 1.82) is 0 Å². The van der Waals surface area contributed by atoms with E-state index in [2.05, 4.69) is 45.6 Å². The molecule has 0 radical (unpaired) electrons. The minimum Gasteiger partial charge on any atom is -0.371 e. The molecule has 4 nitrogen and oxygen atoms in total. The Bertz CT molecular complexity index is 501. The third kappa shape index (κ3) is 6.78. The lowest BCUT2D eigenvalue weighted by Crippen LogP contribution is -2.48. The molecule has 0 amide bonds. The van der Waals surface area contributed by atoms with Crippen molar-refractivity contribution < 1.29 is 0 Å². The molecule has 2 fully saturated rings. The Morgan fingerprint density at radius 3 is 2.44 bits per heavy atom. The Balaban J connectivity index is 0.00000156. The van der Waals surface area contributed by atoms with Crippen LogP contribution in [0.5, 0.6) is 0 Å². The van der Waals surface area contributed by atoms with Crippen molar-refractivity contribution in [1.82, 2.24) is 15.5 Å². The topological polar surface area (TPSA) is 30.5 Å². The normalized spacial score (nSPS) is 19.2. The molecule has 1 aromatic rings. The summed E-state index contributed by atoms with van der Waals surface area (Å²) in [6.07, 6.45) is 2.43. The number of benzene rings is 1. The number of halogens is 3. The Kier molecular flexibility index (Phi) is 10.5. The van der Waals surface area contributed by atoms with Crippen LogP contribution in [-0.2, 0) is 0 Å². The van der Waals surface area contributed by atoms with Gasteiger partial charge in [-0.3, -0.25) is 4.90 Å². The van der Waals surface area contributed by atoms with E-state index in [0.717, 1.165) is 43.3 Å². The molecule has 0 saturated carbocycles. The molecule has 0 spiro atoms. The van der Waals surface area contributed by atoms with Crippen LogP contribution in [0, 0.1) is 6.92 Å². The minimum atomic E-state index is 0. The molecule has 0 aromatic heterocycles. The fourth-order valence-corrected chi connectivity index (χ4v) is 3.66. The summed E-state index contributed by atoms with van der Waals surface area (Å²) in [6, 6.07) is 7.08. The van der Waals surface area contributed by atoms with E-state index in [1.807, 2.05) is 0 Å².